The first-order valence-electron chi connectivity index (χ1n) is 41.2. The molecular weight excluding hydrogens is 1540 g/mol. The number of pyridine rings is 2. The quantitative estimate of drug-likeness (QED) is 0.123. The van der Waals surface area contributed by atoms with Crippen LogP contribution >= 0.6 is 22.7 Å². The number of hydrogen-bond donors (Lipinski definition) is 0. The van der Waals surface area contributed by atoms with E-state index in [4.69, 9.17) is 43.2 Å². The van der Waals surface area contributed by atoms with Gasteiger partial charge in [0.2, 0.25) is 0 Å². The van der Waals surface area contributed by atoms with Gasteiger partial charge in [0.25, 0.3) is 0 Å². The normalized spacial score (nSPS) is 11.9. The molecule has 0 N–H and O–H groups in total. The number of rotatable bonds is 10. The Kier molecular flexibility index (Phi) is 16.2. The van der Waals surface area contributed by atoms with Crippen LogP contribution in [0.25, 0.3) is 262 Å². The molecule has 0 saturated heterocycles. The monoisotopic (exact) mass is 1600 g/mol. The highest BCUT2D eigenvalue weighted by atomic mass is 32.1. The Hall–Kier alpha value is -15.9. The molecule has 0 unspecified atom stereocenters. The van der Waals surface area contributed by atoms with Gasteiger partial charge in [-0.25, -0.2) is 29.9 Å². The fraction of sp³-hybridized carbons (Fsp3) is 0. The van der Waals surface area contributed by atoms with E-state index in [0.717, 1.165) is 199 Å². The molecule has 9 nitrogen and oxygen atoms in total. The molecule has 0 aliphatic rings. The van der Waals surface area contributed by atoms with Gasteiger partial charge < -0.3 is 13.3 Å². The van der Waals surface area contributed by atoms with Crippen LogP contribution in [0.4, 0.5) is 0 Å². The Morgan fingerprint density at radius 1 is 0.187 bits per heavy atom. The van der Waals surface area contributed by atoms with Gasteiger partial charge in [0, 0.05) is 155 Å². The van der Waals surface area contributed by atoms with E-state index in [1.54, 1.807) is 0 Å². The van der Waals surface area contributed by atoms with Gasteiger partial charge in [-0.15, -0.1) is 22.7 Å². The van der Waals surface area contributed by atoms with Crippen LogP contribution in [0.5, 0.6) is 0 Å². The van der Waals surface area contributed by atoms with Crippen molar-refractivity contribution in [1.82, 2.24) is 29.9 Å². The smallest absolute Gasteiger partial charge is 0.164 e. The standard InChI is InChI=1S/C59H33N3O2S.C53H31N3OS/c1-2-14-36(15-3-1)55-46-32-45(58-54(43-19-7-11-27-52(43)65-58)53(46)41-18-4-8-24-47(41)60-55)34-28-30-35(31-29-34)48-33-49(42-22-12-20-39-37-16-5-9-25-50(37)63-56(39)42)62-59(61-48)44-23-13-21-40-38-17-6-10-26-51(38)64-57(40)44;1-3-14-34(15-4-1)50-42-30-41(51-49(40-20-8-11-24-46(40)57-51)48(42)38-19-7-10-23-43(38)54-50)32-26-28-33(29-27-32)44-31-45(56-53(55-44)35-16-5-2-6-17-35)39-22-13-21-37-36-18-9-12-25-47(36)58-52(37)39/h1-33H;1-31H. The second kappa shape index (κ2) is 28.4. The summed E-state index contributed by atoms with van der Waals surface area (Å²) in [5.41, 5.74) is 24.5. The molecule has 9 aromatic heterocycles. The Morgan fingerprint density at radius 2 is 0.577 bits per heavy atom. The first-order valence-corrected chi connectivity index (χ1v) is 42.8. The van der Waals surface area contributed by atoms with Crippen LogP contribution in [0.1, 0.15) is 0 Å². The van der Waals surface area contributed by atoms with Crippen molar-refractivity contribution < 1.29 is 13.3 Å². The average molecular weight is 1610 g/mol. The molecule has 0 aliphatic carbocycles. The van der Waals surface area contributed by atoms with E-state index in [2.05, 4.69) is 328 Å². The van der Waals surface area contributed by atoms with Crippen LogP contribution in [-0.4, -0.2) is 29.9 Å². The predicted octanol–water partition coefficient (Wildman–Crippen LogP) is 31.5. The third kappa shape index (κ3) is 11.6. The van der Waals surface area contributed by atoms with Gasteiger partial charge in [0.1, 0.15) is 33.5 Å². The van der Waals surface area contributed by atoms with Crippen molar-refractivity contribution in [2.24, 2.45) is 0 Å². The highest BCUT2D eigenvalue weighted by Gasteiger charge is 2.27. The van der Waals surface area contributed by atoms with Crippen LogP contribution < -0.4 is 0 Å². The molecule has 9 heterocycles. The topological polar surface area (TPSA) is 117 Å². The molecule has 11 heteroatoms. The number of aromatic nitrogens is 6. The summed E-state index contributed by atoms with van der Waals surface area (Å²) in [6.07, 6.45) is 0. The number of fused-ring (bicyclic) bond motifs is 23. The highest BCUT2D eigenvalue weighted by Crippen LogP contribution is 2.51. The molecule has 0 spiro atoms. The predicted molar refractivity (Wildman–Crippen MR) is 512 cm³/mol. The summed E-state index contributed by atoms with van der Waals surface area (Å²) in [7, 11) is 0. The lowest BCUT2D eigenvalue weighted by Gasteiger charge is -2.15. The van der Waals surface area contributed by atoms with Gasteiger partial charge in [0.05, 0.1) is 50.8 Å². The van der Waals surface area contributed by atoms with Crippen molar-refractivity contribution in [3.8, 4) is 113 Å². The fourth-order valence-corrected chi connectivity index (χ4v) is 21.0. The number of furan rings is 3. The largest absolute Gasteiger partial charge is 0.455 e. The molecule has 0 fully saturated rings. The zero-order valence-electron chi connectivity index (χ0n) is 65.7. The van der Waals surface area contributed by atoms with Crippen molar-refractivity contribution in [3.63, 3.8) is 0 Å². The van der Waals surface area contributed by atoms with Gasteiger partial charge >= 0.3 is 0 Å². The number of thiophene rings is 2. The molecule has 26 aromatic rings. The molecule has 123 heavy (non-hydrogen) atoms. The summed E-state index contributed by atoms with van der Waals surface area (Å²) in [5, 5.41) is 18.3. The van der Waals surface area contributed by atoms with Crippen molar-refractivity contribution >= 4 is 172 Å². The Balaban J connectivity index is 0.000000136. The zero-order valence-corrected chi connectivity index (χ0v) is 67.3. The number of benzene rings is 17. The number of nitrogens with zero attached hydrogens (tertiary/aromatic N) is 6. The highest BCUT2D eigenvalue weighted by molar-refractivity contribution is 7.27. The Labute approximate surface area is 711 Å². The molecule has 26 rings (SSSR count). The van der Waals surface area contributed by atoms with E-state index in [1.165, 1.54) is 51.3 Å². The summed E-state index contributed by atoms with van der Waals surface area (Å²) < 4.78 is 24.9. The second-order valence-electron chi connectivity index (χ2n) is 31.3. The minimum atomic E-state index is 0.578. The van der Waals surface area contributed by atoms with Crippen LogP contribution in [0.2, 0.25) is 0 Å². The van der Waals surface area contributed by atoms with Gasteiger partial charge in [0.15, 0.2) is 11.6 Å². The van der Waals surface area contributed by atoms with Gasteiger partial charge in [-0.1, -0.05) is 309 Å². The first kappa shape index (κ1) is 70.1. The minimum Gasteiger partial charge on any atom is -0.455 e. The molecule has 0 radical (unpaired) electrons. The molecule has 0 bridgehead atoms. The summed E-state index contributed by atoms with van der Waals surface area (Å²) in [6, 6.07) is 136. The lowest BCUT2D eigenvalue weighted by Crippen LogP contribution is -1.96. The van der Waals surface area contributed by atoms with E-state index >= 15 is 0 Å². The molecule has 572 valence electrons. The van der Waals surface area contributed by atoms with Gasteiger partial charge in [-0.2, -0.15) is 0 Å². The lowest BCUT2D eigenvalue weighted by molar-refractivity contribution is 0.669. The van der Waals surface area contributed by atoms with Crippen molar-refractivity contribution in [1.29, 1.82) is 0 Å². The van der Waals surface area contributed by atoms with Crippen molar-refractivity contribution in [2.75, 3.05) is 0 Å². The number of para-hydroxylation sites is 7. The SMILES string of the molecule is c1ccc(-c2nc(-c3ccc(-c4cc5c(-c6ccccc6)nc6ccccc6c5c5c4oc4ccccc45)cc3)cc(-c3cccc4c3sc3ccccc34)n2)cc1.c1ccc(-c2nc3ccccc3c3c2cc(-c2ccc(-c4cc(-c5cccc6c5oc5ccccc56)nc(-c5cccc6c5oc5ccccc56)n4)cc2)c2sc4ccccc4c23)cc1. The van der Waals surface area contributed by atoms with E-state index < -0.39 is 0 Å². The maximum atomic E-state index is 6.80. The molecule has 0 atom stereocenters. The Morgan fingerprint density at radius 3 is 1.18 bits per heavy atom. The summed E-state index contributed by atoms with van der Waals surface area (Å²) in [5.74, 6) is 1.27. The minimum absolute atomic E-state index is 0.578. The van der Waals surface area contributed by atoms with Crippen LogP contribution in [0.3, 0.4) is 0 Å². The van der Waals surface area contributed by atoms with Crippen molar-refractivity contribution in [3.05, 3.63) is 388 Å². The molecule has 17 aromatic carbocycles. The van der Waals surface area contributed by atoms with E-state index in [9.17, 15) is 0 Å². The third-order valence-corrected chi connectivity index (χ3v) is 26.6. The summed E-state index contributed by atoms with van der Waals surface area (Å²) >= 11 is 3.67. The summed E-state index contributed by atoms with van der Waals surface area (Å²) in [4.78, 5) is 31.6. The zero-order chi connectivity index (χ0) is 80.7. The fourth-order valence-electron chi connectivity index (χ4n) is 18.5. The van der Waals surface area contributed by atoms with E-state index in [-0.39, 0.29) is 0 Å². The second-order valence-corrected chi connectivity index (χ2v) is 33.4. The average Bonchev–Trinajstić information content (AvgIpc) is 1.66. The van der Waals surface area contributed by atoms with Crippen LogP contribution in [0, 0.1) is 0 Å². The molecule has 0 aliphatic heterocycles. The van der Waals surface area contributed by atoms with E-state index in [1.807, 2.05) is 83.3 Å². The van der Waals surface area contributed by atoms with Gasteiger partial charge in [-0.3, -0.25) is 0 Å². The van der Waals surface area contributed by atoms with E-state index in [0.29, 0.717) is 11.6 Å². The molecule has 0 amide bonds. The maximum absolute atomic E-state index is 6.80. The van der Waals surface area contributed by atoms with Crippen LogP contribution in [0.15, 0.2) is 401 Å². The lowest BCUT2D eigenvalue weighted by atomic mass is 9.91. The van der Waals surface area contributed by atoms with Gasteiger partial charge in [-0.05, 0) is 90.0 Å². The van der Waals surface area contributed by atoms with Crippen molar-refractivity contribution in [2.45, 2.75) is 0 Å². The maximum Gasteiger partial charge on any atom is 0.164 e. The third-order valence-electron chi connectivity index (χ3n) is 24.2. The molecule has 0 saturated carbocycles. The Bertz CT molecular complexity index is 8690. The summed E-state index contributed by atoms with van der Waals surface area (Å²) in [6.45, 7) is 0. The molecular formula is C112H64N6O3S2. The number of hydrogen-bond acceptors (Lipinski definition) is 11. The van der Waals surface area contributed by atoms with Crippen LogP contribution in [-0.2, 0) is 0 Å². The first-order chi connectivity index (χ1) is 61.0.